The average Bonchev–Trinajstić information content (AvgIpc) is 3.35. The highest BCUT2D eigenvalue weighted by atomic mass is 16.5. The number of hydrogen-bond acceptors (Lipinski definition) is 8. The van der Waals surface area contributed by atoms with Crippen LogP contribution in [0.1, 0.15) is 38.9 Å². The van der Waals surface area contributed by atoms with Gasteiger partial charge in [0.2, 0.25) is 5.91 Å². The first-order valence-electron chi connectivity index (χ1n) is 10.9. The van der Waals surface area contributed by atoms with Gasteiger partial charge in [-0.2, -0.15) is 5.10 Å². The van der Waals surface area contributed by atoms with Crippen molar-refractivity contribution >= 4 is 35.3 Å². The van der Waals surface area contributed by atoms with Crippen LogP contribution in [0.4, 0.5) is 11.5 Å². The zero-order valence-corrected chi connectivity index (χ0v) is 20.1. The molecule has 1 unspecified atom stereocenters. The van der Waals surface area contributed by atoms with Crippen molar-refractivity contribution in [2.24, 2.45) is 0 Å². The van der Waals surface area contributed by atoms with E-state index in [1.807, 2.05) is 31.2 Å². The van der Waals surface area contributed by atoms with E-state index in [1.54, 1.807) is 7.11 Å². The molecular formula is C25H24N4O7. The van der Waals surface area contributed by atoms with Gasteiger partial charge in [0.15, 0.2) is 0 Å². The number of aromatic nitrogens is 2. The molecule has 0 fully saturated rings. The summed E-state index contributed by atoms with van der Waals surface area (Å²) in [4.78, 5) is 49.6. The van der Waals surface area contributed by atoms with Crippen molar-refractivity contribution in [2.45, 2.75) is 19.4 Å². The molecule has 2 aromatic carbocycles. The van der Waals surface area contributed by atoms with Crippen LogP contribution >= 0.6 is 0 Å². The van der Waals surface area contributed by atoms with Gasteiger partial charge in [-0.05, 0) is 42.8 Å². The number of nitrogens with one attached hydrogen (secondary N) is 2. The summed E-state index contributed by atoms with van der Waals surface area (Å²) in [5, 5.41) is 9.96. The second kappa shape index (κ2) is 9.90. The normalized spacial score (nSPS) is 14.0. The topological polar surface area (TPSA) is 138 Å². The van der Waals surface area contributed by atoms with Gasteiger partial charge in [-0.15, -0.1) is 0 Å². The van der Waals surface area contributed by atoms with Gasteiger partial charge in [0, 0.05) is 11.3 Å². The fraction of sp³-hybridized carbons (Fsp3) is 0.240. The van der Waals surface area contributed by atoms with Gasteiger partial charge in [0.1, 0.15) is 17.6 Å². The van der Waals surface area contributed by atoms with E-state index in [9.17, 15) is 19.2 Å². The van der Waals surface area contributed by atoms with Crippen molar-refractivity contribution in [3.63, 3.8) is 0 Å². The molecule has 0 spiro atoms. The number of nitrogens with zero attached hydrogens (tertiary/aromatic N) is 2. The number of methoxy groups -OCH3 is 3. The third-order valence-corrected chi connectivity index (χ3v) is 5.74. The van der Waals surface area contributed by atoms with E-state index >= 15 is 0 Å². The van der Waals surface area contributed by atoms with Crippen LogP contribution in [0.25, 0.3) is 11.1 Å². The van der Waals surface area contributed by atoms with Gasteiger partial charge in [0.25, 0.3) is 5.91 Å². The molecule has 1 aliphatic rings. The minimum atomic E-state index is -0.880. The number of benzene rings is 2. The van der Waals surface area contributed by atoms with Crippen LogP contribution in [-0.4, -0.2) is 54.9 Å². The van der Waals surface area contributed by atoms with Crippen molar-refractivity contribution in [1.82, 2.24) is 9.78 Å². The lowest BCUT2D eigenvalue weighted by atomic mass is 10.1. The quantitative estimate of drug-likeness (QED) is 0.480. The van der Waals surface area contributed by atoms with Gasteiger partial charge in [0.05, 0.1) is 44.6 Å². The molecule has 3 aromatic rings. The first-order valence-corrected chi connectivity index (χ1v) is 10.9. The van der Waals surface area contributed by atoms with Crippen molar-refractivity contribution in [3.05, 3.63) is 59.3 Å². The maximum absolute atomic E-state index is 12.9. The molecule has 0 saturated carbocycles. The molecule has 11 nitrogen and oxygen atoms in total. The molecule has 1 aliphatic heterocycles. The summed E-state index contributed by atoms with van der Waals surface area (Å²) >= 11 is 0. The summed E-state index contributed by atoms with van der Waals surface area (Å²) in [5.41, 5.74) is 2.58. The number of fused-ring (bicyclic) bond motifs is 1. The number of esters is 2. The molecule has 2 N–H and O–H groups in total. The van der Waals surface area contributed by atoms with Crippen LogP contribution < -0.4 is 15.4 Å². The Kier molecular flexibility index (Phi) is 6.73. The number of hydrogen-bond donors (Lipinski definition) is 2. The molecule has 1 atom stereocenters. The molecule has 4 rings (SSSR count). The SMILES string of the molecule is COC(=O)c1cc(NC(=O)CC2C(=O)Nc3c(-c4ccc(OC)cc4)c(C)nn32)cc(C(=O)OC)c1. The Morgan fingerprint density at radius 3 is 2.17 bits per heavy atom. The number of amides is 2. The predicted molar refractivity (Wildman–Crippen MR) is 129 cm³/mol. The lowest BCUT2D eigenvalue weighted by Gasteiger charge is -2.12. The summed E-state index contributed by atoms with van der Waals surface area (Å²) < 4.78 is 16.1. The predicted octanol–water partition coefficient (Wildman–Crippen LogP) is 2.96. The van der Waals surface area contributed by atoms with Crippen LogP contribution in [0.15, 0.2) is 42.5 Å². The monoisotopic (exact) mass is 492 g/mol. The van der Waals surface area contributed by atoms with E-state index in [4.69, 9.17) is 14.2 Å². The van der Waals surface area contributed by atoms with E-state index in [1.165, 1.54) is 37.1 Å². The third-order valence-electron chi connectivity index (χ3n) is 5.74. The van der Waals surface area contributed by atoms with Gasteiger partial charge >= 0.3 is 11.9 Å². The van der Waals surface area contributed by atoms with Crippen LogP contribution in [0.3, 0.4) is 0 Å². The Hall–Kier alpha value is -4.67. The van der Waals surface area contributed by atoms with Crippen LogP contribution in [0.5, 0.6) is 5.75 Å². The summed E-state index contributed by atoms with van der Waals surface area (Å²) in [6.45, 7) is 1.82. The second-order valence-corrected chi connectivity index (χ2v) is 8.02. The van der Waals surface area contributed by atoms with Crippen LogP contribution in [0.2, 0.25) is 0 Å². The van der Waals surface area contributed by atoms with E-state index in [0.29, 0.717) is 17.3 Å². The minimum absolute atomic E-state index is 0.0587. The lowest BCUT2D eigenvalue weighted by Crippen LogP contribution is -2.24. The van der Waals surface area contributed by atoms with Crippen LogP contribution in [-0.2, 0) is 19.1 Å². The highest BCUT2D eigenvalue weighted by molar-refractivity contribution is 6.05. The van der Waals surface area contributed by atoms with Gasteiger partial charge in [-0.3, -0.25) is 9.59 Å². The van der Waals surface area contributed by atoms with Crippen molar-refractivity contribution in [2.75, 3.05) is 32.0 Å². The molecule has 11 heteroatoms. The minimum Gasteiger partial charge on any atom is -0.497 e. The van der Waals surface area contributed by atoms with Crippen molar-refractivity contribution in [1.29, 1.82) is 0 Å². The summed E-state index contributed by atoms with van der Waals surface area (Å²) in [6.07, 6.45) is -0.224. The zero-order valence-electron chi connectivity index (χ0n) is 20.1. The Balaban J connectivity index is 1.57. The van der Waals surface area contributed by atoms with Gasteiger partial charge < -0.3 is 24.8 Å². The molecular weight excluding hydrogens is 468 g/mol. The van der Waals surface area contributed by atoms with E-state index in [2.05, 4.69) is 15.7 Å². The molecule has 2 heterocycles. The number of carbonyl (C=O) groups excluding carboxylic acids is 4. The summed E-state index contributed by atoms with van der Waals surface area (Å²) in [5.74, 6) is -1.06. The lowest BCUT2D eigenvalue weighted by molar-refractivity contribution is -0.123. The summed E-state index contributed by atoms with van der Waals surface area (Å²) in [6, 6.07) is 10.5. The first-order chi connectivity index (χ1) is 17.2. The number of rotatable bonds is 7. The number of carbonyl (C=O) groups is 4. The maximum Gasteiger partial charge on any atom is 0.337 e. The molecule has 0 saturated heterocycles. The Morgan fingerprint density at radius 1 is 1.00 bits per heavy atom. The second-order valence-electron chi connectivity index (χ2n) is 8.02. The fourth-order valence-corrected chi connectivity index (χ4v) is 4.05. The number of aryl methyl sites for hydroxylation is 1. The van der Waals surface area contributed by atoms with E-state index < -0.39 is 23.9 Å². The van der Waals surface area contributed by atoms with E-state index in [0.717, 1.165) is 11.1 Å². The standard InChI is InChI=1S/C25H24N4O7/c1-13-21(14-5-7-18(34-2)8-6-14)22-27-23(31)19(29(22)28-13)12-20(30)26-17-10-15(24(32)35-3)9-16(11-17)25(33)36-4/h5-11,19H,12H2,1-4H3,(H,26,30)(H,27,31). The van der Waals surface area contributed by atoms with Crippen molar-refractivity contribution < 1.29 is 33.4 Å². The molecule has 36 heavy (non-hydrogen) atoms. The van der Waals surface area contributed by atoms with E-state index in [-0.39, 0.29) is 29.1 Å². The Bertz CT molecular complexity index is 1330. The number of ether oxygens (including phenoxy) is 3. The number of anilines is 2. The average molecular weight is 492 g/mol. The largest absolute Gasteiger partial charge is 0.497 e. The fourth-order valence-electron chi connectivity index (χ4n) is 4.05. The summed E-state index contributed by atoms with van der Waals surface area (Å²) in [7, 11) is 3.98. The van der Waals surface area contributed by atoms with Crippen molar-refractivity contribution in [3.8, 4) is 16.9 Å². The Morgan fingerprint density at radius 2 is 1.61 bits per heavy atom. The Labute approximate surface area is 206 Å². The molecule has 0 bridgehead atoms. The highest BCUT2D eigenvalue weighted by Crippen LogP contribution is 2.38. The smallest absolute Gasteiger partial charge is 0.337 e. The molecule has 186 valence electrons. The zero-order chi connectivity index (χ0) is 26.0. The molecule has 0 aliphatic carbocycles. The van der Waals surface area contributed by atoms with Crippen LogP contribution in [0, 0.1) is 6.92 Å². The molecule has 0 radical (unpaired) electrons. The molecule has 1 aromatic heterocycles. The molecule has 2 amide bonds. The van der Waals surface area contributed by atoms with Gasteiger partial charge in [-0.25, -0.2) is 14.3 Å². The first kappa shape index (κ1) is 24.5. The van der Waals surface area contributed by atoms with Gasteiger partial charge in [-0.1, -0.05) is 12.1 Å². The third kappa shape index (κ3) is 4.63. The highest BCUT2D eigenvalue weighted by Gasteiger charge is 2.36. The maximum atomic E-state index is 12.9.